The van der Waals surface area contributed by atoms with Crippen molar-refractivity contribution in [2.75, 3.05) is 32.9 Å². The van der Waals surface area contributed by atoms with Gasteiger partial charge in [-0.15, -0.1) is 0 Å². The van der Waals surface area contributed by atoms with E-state index in [2.05, 4.69) is 54.3 Å². The van der Waals surface area contributed by atoms with Crippen molar-refractivity contribution in [2.45, 2.75) is 81.3 Å². The maximum atomic E-state index is 13.0. The van der Waals surface area contributed by atoms with Crippen LogP contribution in [0.5, 0.6) is 0 Å². The molecule has 5 nitrogen and oxygen atoms in total. The topological polar surface area (TPSA) is 51.2 Å². The number of fused-ring (bicyclic) bond motifs is 1. The molecular weight excluding hydrogens is 462 g/mol. The summed E-state index contributed by atoms with van der Waals surface area (Å²) < 4.78 is 19.2. The quantitative estimate of drug-likeness (QED) is 0.552. The highest BCUT2D eigenvalue weighted by Gasteiger charge is 2.70. The number of aryl methyl sites for hydroxylation is 1. The Kier molecular flexibility index (Phi) is 6.02. The number of likely N-dealkylation sites (tertiary alicyclic amines) is 1. The Morgan fingerprint density at radius 2 is 1.89 bits per heavy atom. The van der Waals surface area contributed by atoms with E-state index in [0.29, 0.717) is 32.8 Å². The maximum absolute atomic E-state index is 13.0. The van der Waals surface area contributed by atoms with Crippen molar-refractivity contribution in [3.05, 3.63) is 70.8 Å². The van der Waals surface area contributed by atoms with Gasteiger partial charge in [0.05, 0.1) is 25.4 Å². The summed E-state index contributed by atoms with van der Waals surface area (Å²) in [7, 11) is 0. The van der Waals surface area contributed by atoms with Crippen LogP contribution in [0.25, 0.3) is 0 Å². The molecule has 2 bridgehead atoms. The van der Waals surface area contributed by atoms with Gasteiger partial charge in [0.25, 0.3) is 0 Å². The van der Waals surface area contributed by atoms with Crippen LogP contribution in [0.15, 0.2) is 48.5 Å². The molecule has 37 heavy (non-hydrogen) atoms. The highest BCUT2D eigenvalue weighted by molar-refractivity contribution is 5.47. The Hall–Kier alpha value is -1.76. The number of rotatable bonds is 7. The third kappa shape index (κ3) is 4.01. The van der Waals surface area contributed by atoms with Crippen LogP contribution in [0.2, 0.25) is 0 Å². The Morgan fingerprint density at radius 3 is 2.68 bits per heavy atom. The minimum absolute atomic E-state index is 0.110. The van der Waals surface area contributed by atoms with Crippen molar-refractivity contribution in [3.63, 3.8) is 0 Å². The molecule has 4 fully saturated rings. The average Bonchev–Trinajstić information content (AvgIpc) is 3.60. The van der Waals surface area contributed by atoms with Gasteiger partial charge in [-0.1, -0.05) is 54.1 Å². The average molecular weight is 504 g/mol. The van der Waals surface area contributed by atoms with E-state index in [0.717, 1.165) is 44.7 Å². The first-order valence-electron chi connectivity index (χ1n) is 14.5. The Bertz CT molecular complexity index is 1130. The van der Waals surface area contributed by atoms with Crippen molar-refractivity contribution in [3.8, 4) is 0 Å². The van der Waals surface area contributed by atoms with Crippen LogP contribution in [0, 0.1) is 18.8 Å². The molecular formula is C32H41NO4. The minimum atomic E-state index is -0.786. The number of aliphatic hydroxyl groups is 1. The summed E-state index contributed by atoms with van der Waals surface area (Å²) in [5, 5.41) is 13.0. The summed E-state index contributed by atoms with van der Waals surface area (Å²) in [5.41, 5.74) is 4.12. The molecule has 0 amide bonds. The van der Waals surface area contributed by atoms with E-state index in [4.69, 9.17) is 14.2 Å². The molecule has 2 aromatic rings. The summed E-state index contributed by atoms with van der Waals surface area (Å²) in [6, 6.07) is 17.4. The van der Waals surface area contributed by atoms with Gasteiger partial charge in [-0.3, -0.25) is 4.90 Å². The predicted molar refractivity (Wildman–Crippen MR) is 142 cm³/mol. The monoisotopic (exact) mass is 503 g/mol. The number of hydrogen-bond acceptors (Lipinski definition) is 5. The molecule has 2 saturated carbocycles. The molecule has 2 heterocycles. The van der Waals surface area contributed by atoms with Crippen molar-refractivity contribution < 1.29 is 19.3 Å². The molecule has 4 atom stereocenters. The van der Waals surface area contributed by atoms with E-state index >= 15 is 0 Å². The lowest BCUT2D eigenvalue weighted by molar-refractivity contribution is -0.288. The van der Waals surface area contributed by atoms with E-state index in [9.17, 15) is 5.11 Å². The van der Waals surface area contributed by atoms with Crippen LogP contribution in [0.4, 0.5) is 0 Å². The lowest BCUT2D eigenvalue weighted by Gasteiger charge is -2.67. The SMILES string of the molecule is Cc1ccc2c(c1)[C@]13CCN(CC4CC4)[C@H](C2)[C@]1(O)C[C@H](CCOCc1ccccc1)C1(C3)OCCO1. The van der Waals surface area contributed by atoms with Gasteiger partial charge in [0.2, 0.25) is 0 Å². The lowest BCUT2D eigenvalue weighted by atomic mass is 9.46. The van der Waals surface area contributed by atoms with E-state index in [1.54, 1.807) is 0 Å². The molecule has 0 radical (unpaired) electrons. The van der Waals surface area contributed by atoms with Gasteiger partial charge in [0, 0.05) is 36.9 Å². The number of piperidine rings is 1. The maximum Gasteiger partial charge on any atom is 0.172 e. The lowest BCUT2D eigenvalue weighted by Crippen LogP contribution is -2.76. The smallest absolute Gasteiger partial charge is 0.172 e. The van der Waals surface area contributed by atoms with Crippen molar-refractivity contribution in [1.82, 2.24) is 4.90 Å². The van der Waals surface area contributed by atoms with Gasteiger partial charge in [-0.2, -0.15) is 0 Å². The van der Waals surface area contributed by atoms with Crippen LogP contribution in [0.1, 0.15) is 60.8 Å². The van der Waals surface area contributed by atoms with Crippen LogP contribution in [-0.4, -0.2) is 60.3 Å². The van der Waals surface area contributed by atoms with Gasteiger partial charge in [0.1, 0.15) is 0 Å². The molecule has 5 aliphatic rings. The first-order chi connectivity index (χ1) is 18.0. The molecule has 198 valence electrons. The largest absolute Gasteiger partial charge is 0.387 e. The fourth-order valence-corrected chi connectivity index (χ4v) is 8.25. The van der Waals surface area contributed by atoms with Crippen LogP contribution in [-0.2, 0) is 32.7 Å². The third-order valence-corrected chi connectivity index (χ3v) is 10.3. The van der Waals surface area contributed by atoms with E-state index in [1.165, 1.54) is 35.1 Å². The molecule has 3 aliphatic carbocycles. The molecule has 7 rings (SSSR count). The predicted octanol–water partition coefficient (Wildman–Crippen LogP) is 4.76. The molecule has 0 aromatic heterocycles. The van der Waals surface area contributed by atoms with Gasteiger partial charge in [-0.05, 0) is 74.6 Å². The van der Waals surface area contributed by atoms with Crippen LogP contribution < -0.4 is 0 Å². The molecule has 2 aliphatic heterocycles. The second-order valence-corrected chi connectivity index (χ2v) is 12.5. The molecule has 1 spiro atoms. The number of nitrogens with zero attached hydrogens (tertiary/aromatic N) is 1. The van der Waals surface area contributed by atoms with Crippen molar-refractivity contribution in [1.29, 1.82) is 0 Å². The normalized spacial score (nSPS) is 34.3. The Labute approximate surface area is 221 Å². The van der Waals surface area contributed by atoms with Gasteiger partial charge >= 0.3 is 0 Å². The molecule has 2 saturated heterocycles. The third-order valence-electron chi connectivity index (χ3n) is 10.3. The first-order valence-corrected chi connectivity index (χ1v) is 14.5. The van der Waals surface area contributed by atoms with Crippen LogP contribution >= 0.6 is 0 Å². The van der Waals surface area contributed by atoms with E-state index < -0.39 is 11.4 Å². The second-order valence-electron chi connectivity index (χ2n) is 12.5. The van der Waals surface area contributed by atoms with E-state index in [1.807, 2.05) is 6.07 Å². The summed E-state index contributed by atoms with van der Waals surface area (Å²) in [6.45, 7) is 6.88. The molecule has 5 heteroatoms. The summed E-state index contributed by atoms with van der Waals surface area (Å²) >= 11 is 0. The highest BCUT2D eigenvalue weighted by atomic mass is 16.7. The molecule has 2 aromatic carbocycles. The number of ether oxygens (including phenoxy) is 3. The zero-order valence-corrected chi connectivity index (χ0v) is 22.2. The summed E-state index contributed by atoms with van der Waals surface area (Å²) in [6.07, 6.45) is 6.87. The Morgan fingerprint density at radius 1 is 1.08 bits per heavy atom. The van der Waals surface area contributed by atoms with Gasteiger partial charge in [-0.25, -0.2) is 0 Å². The summed E-state index contributed by atoms with van der Waals surface area (Å²) in [4.78, 5) is 2.65. The molecule has 1 N–H and O–H groups in total. The van der Waals surface area contributed by atoms with Gasteiger partial charge < -0.3 is 19.3 Å². The molecule has 0 unspecified atom stereocenters. The summed E-state index contributed by atoms with van der Waals surface area (Å²) in [5.74, 6) is 0.289. The van der Waals surface area contributed by atoms with Crippen molar-refractivity contribution in [2.24, 2.45) is 11.8 Å². The highest BCUT2D eigenvalue weighted by Crippen LogP contribution is 2.63. The van der Waals surface area contributed by atoms with Crippen LogP contribution in [0.3, 0.4) is 0 Å². The first kappa shape index (κ1) is 24.3. The number of hydrogen-bond donors (Lipinski definition) is 1. The zero-order valence-electron chi connectivity index (χ0n) is 22.2. The standard InChI is InChI=1S/C32H41NO4/c1-23-7-10-26-18-29-31(34)19-27(11-14-35-21-25-5-3-2-4-6-25)32(36-15-16-37-32)22-30(31,28(26)17-23)12-13-33(29)20-24-8-9-24/h2-7,10,17,24,27,29,34H,8-9,11-16,18-22H2,1H3/t27-,29+,30+,31+/m0/s1. The van der Waals surface area contributed by atoms with E-state index in [-0.39, 0.29) is 17.4 Å². The fraction of sp³-hybridized carbons (Fsp3) is 0.625. The second kappa shape index (κ2) is 9.17. The minimum Gasteiger partial charge on any atom is -0.387 e. The zero-order chi connectivity index (χ0) is 25.1. The van der Waals surface area contributed by atoms with Gasteiger partial charge in [0.15, 0.2) is 5.79 Å². The van der Waals surface area contributed by atoms with Crippen molar-refractivity contribution >= 4 is 0 Å². The number of benzene rings is 2. The Balaban J connectivity index is 1.21. The fourth-order valence-electron chi connectivity index (χ4n) is 8.25.